The molecule has 1 saturated heterocycles. The third-order valence-electron chi connectivity index (χ3n) is 4.15. The molecule has 0 spiro atoms. The molecule has 0 bridgehead atoms. The van der Waals surface area contributed by atoms with Crippen LogP contribution in [0.2, 0.25) is 0 Å². The molecule has 0 aromatic heterocycles. The van der Waals surface area contributed by atoms with Crippen LogP contribution in [0.5, 0.6) is 0 Å². The van der Waals surface area contributed by atoms with E-state index in [0.29, 0.717) is 29.5 Å². The number of rotatable bonds is 4. The zero-order valence-electron chi connectivity index (χ0n) is 12.2. The zero-order valence-corrected chi connectivity index (χ0v) is 12.2. The minimum absolute atomic E-state index is 0.0284. The van der Waals surface area contributed by atoms with E-state index in [9.17, 15) is 9.18 Å². The van der Waals surface area contributed by atoms with E-state index in [1.807, 2.05) is 0 Å². The molecule has 1 unspecified atom stereocenters. The van der Waals surface area contributed by atoms with Crippen LogP contribution in [0.3, 0.4) is 0 Å². The van der Waals surface area contributed by atoms with Crippen molar-refractivity contribution in [3.8, 4) is 0 Å². The average Bonchev–Trinajstić information content (AvgIpc) is 2.44. The van der Waals surface area contributed by atoms with Gasteiger partial charge in [-0.25, -0.2) is 4.39 Å². The summed E-state index contributed by atoms with van der Waals surface area (Å²) in [7, 11) is 0. The fraction of sp³-hybridized carbons (Fsp3) is 0.562. The Morgan fingerprint density at radius 2 is 2.15 bits per heavy atom. The molecular formula is C16H23FN2O. The van der Waals surface area contributed by atoms with E-state index in [2.05, 4.69) is 17.6 Å². The molecule has 1 heterocycles. The van der Waals surface area contributed by atoms with Gasteiger partial charge in [-0.2, -0.15) is 0 Å². The molecule has 1 aromatic carbocycles. The number of hydrogen-bond acceptors (Lipinski definition) is 2. The number of amides is 1. The van der Waals surface area contributed by atoms with Crippen molar-refractivity contribution in [1.82, 2.24) is 5.32 Å². The summed E-state index contributed by atoms with van der Waals surface area (Å²) in [5.41, 5.74) is 1.13. The molecule has 3 nitrogen and oxygen atoms in total. The molecule has 20 heavy (non-hydrogen) atoms. The average molecular weight is 278 g/mol. The van der Waals surface area contributed by atoms with Gasteiger partial charge in [-0.3, -0.25) is 4.79 Å². The predicted molar refractivity (Wildman–Crippen MR) is 79.1 cm³/mol. The van der Waals surface area contributed by atoms with E-state index in [0.717, 1.165) is 25.9 Å². The first kappa shape index (κ1) is 15.0. The number of halogens is 1. The van der Waals surface area contributed by atoms with Crippen LogP contribution in [0.25, 0.3) is 0 Å². The monoisotopic (exact) mass is 278 g/mol. The number of hydrogen-bond donors (Lipinski definition) is 2. The Morgan fingerprint density at radius 1 is 1.45 bits per heavy atom. The van der Waals surface area contributed by atoms with Crippen molar-refractivity contribution < 1.29 is 9.18 Å². The van der Waals surface area contributed by atoms with Crippen LogP contribution in [0, 0.1) is 24.6 Å². The minimum Gasteiger partial charge on any atom is -0.326 e. The molecule has 1 aromatic rings. The van der Waals surface area contributed by atoms with Crippen molar-refractivity contribution >= 4 is 11.6 Å². The molecule has 0 radical (unpaired) electrons. The summed E-state index contributed by atoms with van der Waals surface area (Å²) in [6.45, 7) is 5.92. The fourth-order valence-electron chi connectivity index (χ4n) is 2.76. The quantitative estimate of drug-likeness (QED) is 0.888. The van der Waals surface area contributed by atoms with Crippen LogP contribution in [-0.4, -0.2) is 19.0 Å². The molecule has 1 fully saturated rings. The minimum atomic E-state index is -0.283. The van der Waals surface area contributed by atoms with E-state index >= 15 is 0 Å². The first-order valence-corrected chi connectivity index (χ1v) is 7.33. The van der Waals surface area contributed by atoms with Crippen molar-refractivity contribution in [2.45, 2.75) is 33.1 Å². The number of carbonyl (C=O) groups is 1. The maximum absolute atomic E-state index is 13.4. The smallest absolute Gasteiger partial charge is 0.224 e. The lowest BCUT2D eigenvalue weighted by Gasteiger charge is -2.27. The highest BCUT2D eigenvalue weighted by Crippen LogP contribution is 2.24. The van der Waals surface area contributed by atoms with Crippen LogP contribution in [0.15, 0.2) is 18.2 Å². The molecule has 110 valence electrons. The van der Waals surface area contributed by atoms with Crippen molar-refractivity contribution in [1.29, 1.82) is 0 Å². The summed E-state index contributed by atoms with van der Waals surface area (Å²) in [4.78, 5) is 12.0. The van der Waals surface area contributed by atoms with Crippen LogP contribution in [0.4, 0.5) is 10.1 Å². The molecule has 2 rings (SSSR count). The number of aryl methyl sites for hydroxylation is 1. The molecule has 1 amide bonds. The summed E-state index contributed by atoms with van der Waals surface area (Å²) in [5.74, 6) is 0.664. The Kier molecular flexibility index (Phi) is 5.12. The van der Waals surface area contributed by atoms with E-state index in [1.165, 1.54) is 6.07 Å². The Balaban J connectivity index is 1.86. The highest BCUT2D eigenvalue weighted by atomic mass is 19.1. The fourth-order valence-corrected chi connectivity index (χ4v) is 2.76. The second kappa shape index (κ2) is 6.84. The molecular weight excluding hydrogens is 255 g/mol. The standard InChI is InChI=1S/C16H23FN2O/c1-11-3-4-14(10-15(11)17)19-16(20)9-12(2)13-5-7-18-8-6-13/h3-4,10,12-13,18H,5-9H2,1-2H3,(H,19,20). The summed E-state index contributed by atoms with van der Waals surface area (Å²) >= 11 is 0. The first-order valence-electron chi connectivity index (χ1n) is 7.33. The summed E-state index contributed by atoms with van der Waals surface area (Å²) in [5, 5.41) is 6.12. The van der Waals surface area contributed by atoms with Gasteiger partial charge in [0.15, 0.2) is 0 Å². The van der Waals surface area contributed by atoms with Gasteiger partial charge in [-0.1, -0.05) is 13.0 Å². The molecule has 0 saturated carbocycles. The van der Waals surface area contributed by atoms with Crippen LogP contribution >= 0.6 is 0 Å². The lowest BCUT2D eigenvalue weighted by Crippen LogP contribution is -2.32. The highest BCUT2D eigenvalue weighted by molar-refractivity contribution is 5.90. The van der Waals surface area contributed by atoms with Gasteiger partial charge in [0.2, 0.25) is 5.91 Å². The van der Waals surface area contributed by atoms with Crippen LogP contribution in [0.1, 0.15) is 31.7 Å². The molecule has 1 aliphatic heterocycles. The SMILES string of the molecule is Cc1ccc(NC(=O)CC(C)C2CCNCC2)cc1F. The number of anilines is 1. The van der Waals surface area contributed by atoms with E-state index in [4.69, 9.17) is 0 Å². The maximum atomic E-state index is 13.4. The number of carbonyl (C=O) groups excluding carboxylic acids is 1. The topological polar surface area (TPSA) is 41.1 Å². The maximum Gasteiger partial charge on any atom is 0.224 e. The molecule has 0 aliphatic carbocycles. The van der Waals surface area contributed by atoms with E-state index < -0.39 is 0 Å². The Morgan fingerprint density at radius 3 is 2.80 bits per heavy atom. The Bertz CT molecular complexity index is 470. The molecule has 1 atom stereocenters. The Hall–Kier alpha value is -1.42. The lowest BCUT2D eigenvalue weighted by atomic mass is 9.84. The second-order valence-electron chi connectivity index (χ2n) is 5.78. The van der Waals surface area contributed by atoms with Gasteiger partial charge in [0.05, 0.1) is 0 Å². The summed E-state index contributed by atoms with van der Waals surface area (Å²) < 4.78 is 13.4. The van der Waals surface area contributed by atoms with Crippen molar-refractivity contribution in [3.63, 3.8) is 0 Å². The van der Waals surface area contributed by atoms with Crippen molar-refractivity contribution in [2.75, 3.05) is 18.4 Å². The van der Waals surface area contributed by atoms with Gasteiger partial charge in [-0.05, 0) is 62.4 Å². The lowest BCUT2D eigenvalue weighted by molar-refractivity contribution is -0.117. The number of nitrogens with one attached hydrogen (secondary N) is 2. The van der Waals surface area contributed by atoms with Crippen molar-refractivity contribution in [2.24, 2.45) is 11.8 Å². The largest absolute Gasteiger partial charge is 0.326 e. The van der Waals surface area contributed by atoms with Crippen molar-refractivity contribution in [3.05, 3.63) is 29.6 Å². The van der Waals surface area contributed by atoms with Crippen LogP contribution < -0.4 is 10.6 Å². The predicted octanol–water partition coefficient (Wildman–Crippen LogP) is 3.10. The van der Waals surface area contributed by atoms with Gasteiger partial charge in [0, 0.05) is 12.1 Å². The van der Waals surface area contributed by atoms with Gasteiger partial charge < -0.3 is 10.6 Å². The normalized spacial score (nSPS) is 17.8. The van der Waals surface area contributed by atoms with E-state index in [-0.39, 0.29) is 11.7 Å². The number of piperidine rings is 1. The van der Waals surface area contributed by atoms with Gasteiger partial charge in [0.25, 0.3) is 0 Å². The Labute approximate surface area is 120 Å². The van der Waals surface area contributed by atoms with E-state index in [1.54, 1.807) is 19.1 Å². The first-order chi connectivity index (χ1) is 9.56. The van der Waals surface area contributed by atoms with Crippen LogP contribution in [-0.2, 0) is 4.79 Å². The molecule has 4 heteroatoms. The summed E-state index contributed by atoms with van der Waals surface area (Å²) in [6.07, 6.45) is 2.77. The molecule has 1 aliphatic rings. The second-order valence-corrected chi connectivity index (χ2v) is 5.78. The number of benzene rings is 1. The third-order valence-corrected chi connectivity index (χ3v) is 4.15. The summed E-state index contributed by atoms with van der Waals surface area (Å²) in [6, 6.07) is 4.80. The van der Waals surface area contributed by atoms with Gasteiger partial charge in [0.1, 0.15) is 5.82 Å². The highest BCUT2D eigenvalue weighted by Gasteiger charge is 2.22. The third kappa shape index (κ3) is 4.04. The van der Waals surface area contributed by atoms with Gasteiger partial charge in [-0.15, -0.1) is 0 Å². The van der Waals surface area contributed by atoms with Gasteiger partial charge >= 0.3 is 0 Å². The zero-order chi connectivity index (χ0) is 14.5. The molecule has 2 N–H and O–H groups in total.